The predicted octanol–water partition coefficient (Wildman–Crippen LogP) is 1.76. The minimum absolute atomic E-state index is 0.366. The van der Waals surface area contributed by atoms with Crippen LogP contribution in [0, 0.1) is 5.92 Å². The zero-order valence-corrected chi connectivity index (χ0v) is 10.7. The molecular weight excluding hydrogens is 212 g/mol. The Labute approximate surface area is 104 Å². The molecule has 1 aliphatic carbocycles. The van der Waals surface area contributed by atoms with E-state index in [0.717, 1.165) is 24.5 Å². The van der Waals surface area contributed by atoms with E-state index in [2.05, 4.69) is 16.6 Å². The van der Waals surface area contributed by atoms with Crippen LogP contribution in [0.4, 0.5) is 0 Å². The van der Waals surface area contributed by atoms with Crippen molar-refractivity contribution >= 4 is 0 Å². The Bertz CT molecular complexity index is 328. The summed E-state index contributed by atoms with van der Waals surface area (Å²) in [6, 6.07) is 2.44. The minimum atomic E-state index is 0.366. The molecule has 1 fully saturated rings. The first-order valence-electron chi connectivity index (χ1n) is 6.72. The number of aryl methyl sites for hydroxylation is 1. The van der Waals surface area contributed by atoms with Crippen LogP contribution in [0.15, 0.2) is 12.3 Å². The van der Waals surface area contributed by atoms with Crippen molar-refractivity contribution in [1.82, 2.24) is 15.2 Å². The van der Waals surface area contributed by atoms with Gasteiger partial charge in [-0.25, -0.2) is 0 Å². The maximum absolute atomic E-state index is 5.63. The Morgan fingerprint density at radius 3 is 2.88 bits per heavy atom. The van der Waals surface area contributed by atoms with Crippen LogP contribution in [0.1, 0.15) is 44.2 Å². The highest BCUT2D eigenvalue weighted by atomic mass is 15.3. The van der Waals surface area contributed by atoms with E-state index < -0.39 is 0 Å². The molecule has 4 heteroatoms. The first-order chi connectivity index (χ1) is 8.28. The lowest BCUT2D eigenvalue weighted by Gasteiger charge is -2.17. The van der Waals surface area contributed by atoms with E-state index in [1.165, 1.54) is 32.1 Å². The molecule has 1 aliphatic rings. The molecule has 17 heavy (non-hydrogen) atoms. The van der Waals surface area contributed by atoms with Crippen LogP contribution in [0.5, 0.6) is 0 Å². The normalized spacial score (nSPS) is 18.7. The zero-order chi connectivity index (χ0) is 12.1. The van der Waals surface area contributed by atoms with Crippen molar-refractivity contribution in [2.75, 3.05) is 0 Å². The van der Waals surface area contributed by atoms with Gasteiger partial charge in [0.15, 0.2) is 0 Å². The van der Waals surface area contributed by atoms with Crippen molar-refractivity contribution < 1.29 is 0 Å². The van der Waals surface area contributed by atoms with Crippen LogP contribution in [0.3, 0.4) is 0 Å². The molecule has 1 heterocycles. The largest absolute Gasteiger partial charge is 0.276 e. The van der Waals surface area contributed by atoms with Crippen LogP contribution in [0.2, 0.25) is 0 Å². The predicted molar refractivity (Wildman–Crippen MR) is 69.2 cm³/mol. The Morgan fingerprint density at radius 1 is 1.53 bits per heavy atom. The quantitative estimate of drug-likeness (QED) is 0.584. The number of hydrazine groups is 1. The molecule has 4 nitrogen and oxygen atoms in total. The third-order valence-electron chi connectivity index (χ3n) is 3.86. The molecule has 0 spiro atoms. The van der Waals surface area contributed by atoms with Gasteiger partial charge < -0.3 is 0 Å². The third-order valence-corrected chi connectivity index (χ3v) is 3.86. The van der Waals surface area contributed by atoms with Crippen LogP contribution >= 0.6 is 0 Å². The molecule has 0 bridgehead atoms. The molecule has 3 N–H and O–H groups in total. The minimum Gasteiger partial charge on any atom is -0.276 e. The highest BCUT2D eigenvalue weighted by Crippen LogP contribution is 2.29. The average molecular weight is 236 g/mol. The summed E-state index contributed by atoms with van der Waals surface area (Å²) < 4.78 is 1.85. The second-order valence-corrected chi connectivity index (χ2v) is 5.28. The summed E-state index contributed by atoms with van der Waals surface area (Å²) in [7, 11) is 1.95. The number of nitrogens with one attached hydrogen (secondary N) is 1. The molecule has 0 radical (unpaired) electrons. The van der Waals surface area contributed by atoms with Gasteiger partial charge in [-0.1, -0.05) is 25.7 Å². The maximum Gasteiger partial charge on any atom is 0.0640 e. The number of nitrogens with two attached hydrogens (primary N) is 1. The third kappa shape index (κ3) is 3.82. The highest BCUT2D eigenvalue weighted by molar-refractivity contribution is 5.01. The van der Waals surface area contributed by atoms with E-state index >= 15 is 0 Å². The topological polar surface area (TPSA) is 55.9 Å². The van der Waals surface area contributed by atoms with Crippen molar-refractivity contribution in [3.05, 3.63) is 18.0 Å². The SMILES string of the molecule is Cn1ccc(CC(CCC2CCCC2)NN)n1. The maximum atomic E-state index is 5.63. The Kier molecular flexibility index (Phi) is 4.57. The molecule has 2 rings (SSSR count). The number of hydrogen-bond donors (Lipinski definition) is 2. The van der Waals surface area contributed by atoms with E-state index in [1.54, 1.807) is 0 Å². The van der Waals surface area contributed by atoms with Gasteiger partial charge in [-0.05, 0) is 24.8 Å². The Morgan fingerprint density at radius 2 is 2.29 bits per heavy atom. The van der Waals surface area contributed by atoms with Gasteiger partial charge in [0.2, 0.25) is 0 Å². The Hall–Kier alpha value is -0.870. The molecular formula is C13H24N4. The molecule has 96 valence electrons. The van der Waals surface area contributed by atoms with Gasteiger partial charge in [0, 0.05) is 25.7 Å². The van der Waals surface area contributed by atoms with E-state index in [9.17, 15) is 0 Å². The summed E-state index contributed by atoms with van der Waals surface area (Å²) >= 11 is 0. The molecule has 0 aliphatic heterocycles. The molecule has 1 saturated carbocycles. The van der Waals surface area contributed by atoms with Crippen LogP contribution in [-0.4, -0.2) is 15.8 Å². The fourth-order valence-corrected chi connectivity index (χ4v) is 2.80. The fourth-order valence-electron chi connectivity index (χ4n) is 2.80. The van der Waals surface area contributed by atoms with Gasteiger partial charge >= 0.3 is 0 Å². The fraction of sp³-hybridized carbons (Fsp3) is 0.769. The summed E-state index contributed by atoms with van der Waals surface area (Å²) in [5.41, 5.74) is 4.06. The van der Waals surface area contributed by atoms with Gasteiger partial charge in [-0.3, -0.25) is 16.0 Å². The molecule has 1 unspecified atom stereocenters. The van der Waals surface area contributed by atoms with Gasteiger partial charge in [0.05, 0.1) is 5.69 Å². The smallest absolute Gasteiger partial charge is 0.0640 e. The standard InChI is InChI=1S/C13H24N4/c1-17-9-8-13(16-17)10-12(15-14)7-6-11-4-2-3-5-11/h8-9,11-12,15H,2-7,10,14H2,1H3. The number of nitrogens with zero attached hydrogens (tertiary/aromatic N) is 2. The zero-order valence-electron chi connectivity index (χ0n) is 10.7. The second kappa shape index (κ2) is 6.17. The molecule has 0 aromatic carbocycles. The number of hydrogen-bond acceptors (Lipinski definition) is 3. The summed E-state index contributed by atoms with van der Waals surface area (Å²) in [5, 5.41) is 4.40. The van der Waals surface area contributed by atoms with Crippen LogP contribution < -0.4 is 11.3 Å². The van der Waals surface area contributed by atoms with Crippen molar-refractivity contribution in [3.63, 3.8) is 0 Å². The van der Waals surface area contributed by atoms with Crippen molar-refractivity contribution in [3.8, 4) is 0 Å². The van der Waals surface area contributed by atoms with Gasteiger partial charge in [-0.15, -0.1) is 0 Å². The monoisotopic (exact) mass is 236 g/mol. The van der Waals surface area contributed by atoms with Crippen molar-refractivity contribution in [2.45, 2.75) is 51.0 Å². The van der Waals surface area contributed by atoms with Gasteiger partial charge in [-0.2, -0.15) is 5.10 Å². The summed E-state index contributed by atoms with van der Waals surface area (Å²) in [6.07, 6.45) is 11.1. The second-order valence-electron chi connectivity index (χ2n) is 5.28. The number of rotatable bonds is 6. The van der Waals surface area contributed by atoms with Crippen LogP contribution in [0.25, 0.3) is 0 Å². The highest BCUT2D eigenvalue weighted by Gasteiger charge is 2.17. The van der Waals surface area contributed by atoms with Gasteiger partial charge in [0.25, 0.3) is 0 Å². The summed E-state index contributed by atoms with van der Waals surface area (Å²) in [6.45, 7) is 0. The van der Waals surface area contributed by atoms with Crippen molar-refractivity contribution in [2.24, 2.45) is 18.8 Å². The van der Waals surface area contributed by atoms with Gasteiger partial charge in [0.1, 0.15) is 0 Å². The van der Waals surface area contributed by atoms with E-state index in [4.69, 9.17) is 5.84 Å². The van der Waals surface area contributed by atoms with E-state index in [-0.39, 0.29) is 0 Å². The summed E-state index contributed by atoms with van der Waals surface area (Å²) in [5.74, 6) is 6.57. The molecule has 1 aromatic heterocycles. The lowest BCUT2D eigenvalue weighted by molar-refractivity contribution is 0.404. The molecule has 0 saturated heterocycles. The van der Waals surface area contributed by atoms with Crippen LogP contribution in [-0.2, 0) is 13.5 Å². The van der Waals surface area contributed by atoms with E-state index in [1.807, 2.05) is 17.9 Å². The average Bonchev–Trinajstić information content (AvgIpc) is 2.96. The molecule has 1 aromatic rings. The molecule has 0 amide bonds. The first kappa shape index (κ1) is 12.6. The van der Waals surface area contributed by atoms with Crippen molar-refractivity contribution in [1.29, 1.82) is 0 Å². The first-order valence-corrected chi connectivity index (χ1v) is 6.72. The van der Waals surface area contributed by atoms with E-state index in [0.29, 0.717) is 6.04 Å². The Balaban J connectivity index is 1.75. The lowest BCUT2D eigenvalue weighted by Crippen LogP contribution is -2.37. The summed E-state index contributed by atoms with van der Waals surface area (Å²) in [4.78, 5) is 0. The molecule has 1 atom stereocenters. The number of aromatic nitrogens is 2. The lowest BCUT2D eigenvalue weighted by atomic mass is 9.97.